The third-order valence-corrected chi connectivity index (χ3v) is 5.19. The molecular weight excluding hydrogens is 320 g/mol. The largest absolute Gasteiger partial charge is 0.463 e. The average molecular weight is 357 g/mol. The highest BCUT2D eigenvalue weighted by molar-refractivity contribution is 5.87. The van der Waals surface area contributed by atoms with Crippen molar-refractivity contribution < 1.29 is 9.53 Å². The lowest BCUT2D eigenvalue weighted by molar-refractivity contribution is -0.137. The highest BCUT2D eigenvalue weighted by atomic mass is 16.5. The van der Waals surface area contributed by atoms with E-state index in [4.69, 9.17) is 4.74 Å². The van der Waals surface area contributed by atoms with Crippen molar-refractivity contribution in [2.75, 3.05) is 6.61 Å². The maximum absolute atomic E-state index is 11.7. The zero-order chi connectivity index (χ0) is 18.5. The fourth-order valence-electron chi connectivity index (χ4n) is 3.24. The minimum absolute atomic E-state index is 0.239. The van der Waals surface area contributed by atoms with Gasteiger partial charge in [-0.15, -0.1) is 0 Å². The summed E-state index contributed by atoms with van der Waals surface area (Å²) in [7, 11) is 0. The predicted molar refractivity (Wildman–Crippen MR) is 110 cm³/mol. The number of ether oxygens (including phenoxy) is 1. The number of benzene rings is 1. The van der Waals surface area contributed by atoms with Crippen LogP contribution in [0.3, 0.4) is 0 Å². The lowest BCUT2D eigenvalue weighted by Gasteiger charge is -2.03. The fourth-order valence-corrected chi connectivity index (χ4v) is 3.24. The van der Waals surface area contributed by atoms with E-state index >= 15 is 0 Å². The molecule has 0 amide bonds. The summed E-state index contributed by atoms with van der Waals surface area (Å²) in [5.41, 5.74) is 2.25. The Morgan fingerprint density at radius 3 is 2.12 bits per heavy atom. The molecule has 1 aliphatic carbocycles. The summed E-state index contributed by atoms with van der Waals surface area (Å²) in [6, 6.07) is 8.09. The summed E-state index contributed by atoms with van der Waals surface area (Å²) < 4.78 is 5.26. The Morgan fingerprint density at radius 1 is 0.923 bits per heavy atom. The van der Waals surface area contributed by atoms with Crippen LogP contribution in [-0.2, 0) is 9.53 Å². The molecule has 0 heterocycles. The van der Waals surface area contributed by atoms with Gasteiger partial charge in [0.1, 0.15) is 0 Å². The molecule has 0 bridgehead atoms. The number of esters is 1. The number of rotatable bonds is 14. The molecule has 1 aromatic rings. The molecule has 0 aromatic heterocycles. The van der Waals surface area contributed by atoms with Gasteiger partial charge in [0.05, 0.1) is 6.61 Å². The zero-order valence-electron chi connectivity index (χ0n) is 16.6. The van der Waals surface area contributed by atoms with Crippen molar-refractivity contribution in [3.63, 3.8) is 0 Å². The van der Waals surface area contributed by atoms with Crippen molar-refractivity contribution in [2.24, 2.45) is 5.92 Å². The first-order chi connectivity index (χ1) is 12.7. The van der Waals surface area contributed by atoms with Crippen LogP contribution in [0, 0.1) is 12.8 Å². The Hall–Kier alpha value is -1.57. The van der Waals surface area contributed by atoms with Crippen LogP contribution in [0.15, 0.2) is 30.3 Å². The first-order valence-electron chi connectivity index (χ1n) is 10.7. The van der Waals surface area contributed by atoms with Crippen molar-refractivity contribution in [1.82, 2.24) is 0 Å². The van der Waals surface area contributed by atoms with E-state index in [0.717, 1.165) is 24.3 Å². The SMILES string of the molecule is Cc1ccc(C=CC(=O)OCCCCCCCCCCCC2CC2)cc1. The van der Waals surface area contributed by atoms with E-state index in [1.165, 1.54) is 75.8 Å². The standard InChI is InChI=1S/C24H36O2/c1-21-12-14-23(15-13-21)18-19-24(25)26-20-10-8-6-4-2-3-5-7-9-11-22-16-17-22/h12-15,18-19,22H,2-11,16-17,20H2,1H3. The van der Waals surface area contributed by atoms with Gasteiger partial charge in [0.25, 0.3) is 0 Å². The molecule has 1 saturated carbocycles. The molecule has 0 aliphatic heterocycles. The van der Waals surface area contributed by atoms with E-state index in [9.17, 15) is 4.79 Å². The Bertz CT molecular complexity index is 526. The predicted octanol–water partition coefficient (Wildman–Crippen LogP) is 6.86. The lowest BCUT2D eigenvalue weighted by atomic mass is 10.1. The van der Waals surface area contributed by atoms with Crippen LogP contribution in [0.1, 0.15) is 88.2 Å². The number of hydrogen-bond donors (Lipinski definition) is 0. The summed E-state index contributed by atoms with van der Waals surface area (Å²) in [5, 5.41) is 0. The molecule has 0 saturated heterocycles. The summed E-state index contributed by atoms with van der Waals surface area (Å²) in [4.78, 5) is 11.7. The van der Waals surface area contributed by atoms with E-state index in [1.54, 1.807) is 0 Å². The molecular formula is C24H36O2. The van der Waals surface area contributed by atoms with Crippen LogP contribution >= 0.6 is 0 Å². The maximum Gasteiger partial charge on any atom is 0.330 e. The van der Waals surface area contributed by atoms with E-state index < -0.39 is 0 Å². The Morgan fingerprint density at radius 2 is 1.50 bits per heavy atom. The second-order valence-electron chi connectivity index (χ2n) is 7.83. The molecule has 0 spiro atoms. The topological polar surface area (TPSA) is 26.3 Å². The monoisotopic (exact) mass is 356 g/mol. The van der Waals surface area contributed by atoms with Crippen LogP contribution in [-0.4, -0.2) is 12.6 Å². The van der Waals surface area contributed by atoms with Crippen LogP contribution in [0.25, 0.3) is 6.08 Å². The smallest absolute Gasteiger partial charge is 0.330 e. The van der Waals surface area contributed by atoms with Gasteiger partial charge in [-0.3, -0.25) is 0 Å². The Kier molecular flexibility index (Phi) is 10.2. The van der Waals surface area contributed by atoms with E-state index in [1.807, 2.05) is 30.3 Å². The van der Waals surface area contributed by atoms with Gasteiger partial charge >= 0.3 is 5.97 Å². The van der Waals surface area contributed by atoms with Crippen molar-refractivity contribution >= 4 is 12.0 Å². The first-order valence-corrected chi connectivity index (χ1v) is 10.7. The summed E-state index contributed by atoms with van der Waals surface area (Å²) in [6.07, 6.45) is 19.6. The van der Waals surface area contributed by atoms with Crippen molar-refractivity contribution in [1.29, 1.82) is 0 Å². The summed E-state index contributed by atoms with van der Waals surface area (Å²) in [6.45, 7) is 2.59. The summed E-state index contributed by atoms with van der Waals surface area (Å²) in [5.74, 6) is 0.860. The van der Waals surface area contributed by atoms with Gasteiger partial charge in [0.2, 0.25) is 0 Å². The highest BCUT2D eigenvalue weighted by Crippen LogP contribution is 2.34. The van der Waals surface area contributed by atoms with Gasteiger partial charge in [-0.25, -0.2) is 4.79 Å². The Labute approximate surface area is 160 Å². The molecule has 0 radical (unpaired) electrons. The minimum atomic E-state index is -0.239. The molecule has 0 N–H and O–H groups in total. The molecule has 2 heteroatoms. The number of carbonyl (C=O) groups is 1. The number of unbranched alkanes of at least 4 members (excludes halogenated alkanes) is 8. The molecule has 1 fully saturated rings. The van der Waals surface area contributed by atoms with E-state index in [-0.39, 0.29) is 5.97 Å². The second kappa shape index (κ2) is 12.7. The molecule has 26 heavy (non-hydrogen) atoms. The lowest BCUT2D eigenvalue weighted by Crippen LogP contribution is -2.02. The molecule has 0 unspecified atom stereocenters. The fraction of sp³-hybridized carbons (Fsp3) is 0.625. The molecule has 1 aromatic carbocycles. The molecule has 2 rings (SSSR count). The van der Waals surface area contributed by atoms with Gasteiger partial charge < -0.3 is 4.74 Å². The molecule has 144 valence electrons. The van der Waals surface area contributed by atoms with Crippen LogP contribution in [0.4, 0.5) is 0 Å². The van der Waals surface area contributed by atoms with E-state index in [0.29, 0.717) is 6.61 Å². The van der Waals surface area contributed by atoms with Gasteiger partial charge in [0, 0.05) is 6.08 Å². The van der Waals surface area contributed by atoms with Crippen molar-refractivity contribution in [3.05, 3.63) is 41.5 Å². The molecule has 2 nitrogen and oxygen atoms in total. The quantitative estimate of drug-likeness (QED) is 0.207. The second-order valence-corrected chi connectivity index (χ2v) is 7.83. The zero-order valence-corrected chi connectivity index (χ0v) is 16.6. The minimum Gasteiger partial charge on any atom is -0.463 e. The van der Waals surface area contributed by atoms with Gasteiger partial charge in [0.15, 0.2) is 0 Å². The third-order valence-electron chi connectivity index (χ3n) is 5.19. The van der Waals surface area contributed by atoms with Crippen LogP contribution in [0.2, 0.25) is 0 Å². The maximum atomic E-state index is 11.7. The first kappa shape index (κ1) is 20.7. The highest BCUT2D eigenvalue weighted by Gasteiger charge is 2.19. The van der Waals surface area contributed by atoms with Crippen molar-refractivity contribution in [2.45, 2.75) is 84.0 Å². The van der Waals surface area contributed by atoms with Crippen LogP contribution in [0.5, 0.6) is 0 Å². The Balaban J connectivity index is 1.35. The number of carbonyl (C=O) groups excluding carboxylic acids is 1. The van der Waals surface area contributed by atoms with Gasteiger partial charge in [-0.05, 0) is 30.9 Å². The average Bonchev–Trinajstić information content (AvgIpc) is 3.46. The number of hydrogen-bond acceptors (Lipinski definition) is 2. The van der Waals surface area contributed by atoms with E-state index in [2.05, 4.69) is 6.92 Å². The molecule has 1 aliphatic rings. The van der Waals surface area contributed by atoms with Crippen molar-refractivity contribution in [3.8, 4) is 0 Å². The third kappa shape index (κ3) is 10.4. The summed E-state index contributed by atoms with van der Waals surface area (Å²) >= 11 is 0. The molecule has 0 atom stereocenters. The van der Waals surface area contributed by atoms with Gasteiger partial charge in [-0.1, -0.05) is 100 Å². The normalized spacial score (nSPS) is 14.0. The number of aryl methyl sites for hydroxylation is 1. The van der Waals surface area contributed by atoms with Gasteiger partial charge in [-0.2, -0.15) is 0 Å². The van der Waals surface area contributed by atoms with Crippen LogP contribution < -0.4 is 0 Å².